The zero-order valence-corrected chi connectivity index (χ0v) is 19.1. The first-order valence-electron chi connectivity index (χ1n) is 9.63. The lowest BCUT2D eigenvalue weighted by atomic mass is 10.1. The second kappa shape index (κ2) is 11.4. The summed E-state index contributed by atoms with van der Waals surface area (Å²) in [6.45, 7) is 4.92. The second-order valence-corrected chi connectivity index (χ2v) is 6.82. The van der Waals surface area contributed by atoms with Gasteiger partial charge in [0.1, 0.15) is 17.5 Å². The summed E-state index contributed by atoms with van der Waals surface area (Å²) in [6, 6.07) is 8.06. The molecule has 0 radical (unpaired) electrons. The number of aliphatic hydroxyl groups excluding tert-OH is 1. The number of hydrogen-bond donors (Lipinski definition) is 2. The molecule has 2 N–H and O–H groups in total. The smallest absolute Gasteiger partial charge is 0.194 e. The fraction of sp³-hybridized carbons (Fsp3) is 0.381. The Bertz CT molecular complexity index is 873. The van der Waals surface area contributed by atoms with Crippen molar-refractivity contribution in [1.29, 1.82) is 0 Å². The Morgan fingerprint density at radius 2 is 1.73 bits per heavy atom. The normalized spacial score (nSPS) is 14.5. The molecule has 0 atom stereocenters. The molecule has 0 saturated carbocycles. The summed E-state index contributed by atoms with van der Waals surface area (Å²) in [5.74, 6) is -0.619. The molecule has 1 aliphatic rings. The predicted octanol–water partition coefficient (Wildman–Crippen LogP) is 3.50. The molecule has 5 nitrogen and oxygen atoms in total. The van der Waals surface area contributed by atoms with E-state index in [1.165, 1.54) is 12.1 Å². The average Bonchev–Trinajstić information content (AvgIpc) is 2.74. The molecule has 0 bridgehead atoms. The zero-order chi connectivity index (χ0) is 20.8. The lowest BCUT2D eigenvalue weighted by Crippen LogP contribution is -2.52. The summed E-state index contributed by atoms with van der Waals surface area (Å²) in [4.78, 5) is 8.51. The number of hydrogen-bond acceptors (Lipinski definition) is 3. The highest BCUT2D eigenvalue weighted by Gasteiger charge is 2.22. The summed E-state index contributed by atoms with van der Waals surface area (Å²) >= 11 is 0. The number of rotatable bonds is 5. The Kier molecular flexibility index (Phi) is 9.22. The third-order valence-electron chi connectivity index (χ3n) is 4.85. The first-order valence-corrected chi connectivity index (χ1v) is 9.63. The highest BCUT2D eigenvalue weighted by atomic mass is 127. The van der Waals surface area contributed by atoms with Crippen LogP contribution in [0.1, 0.15) is 18.1 Å². The number of anilines is 1. The Hall–Kier alpha value is -2.01. The van der Waals surface area contributed by atoms with E-state index in [0.29, 0.717) is 45.2 Å². The van der Waals surface area contributed by atoms with E-state index < -0.39 is 17.5 Å². The Morgan fingerprint density at radius 3 is 2.40 bits per heavy atom. The molecule has 2 aromatic carbocycles. The van der Waals surface area contributed by atoms with Crippen LogP contribution in [0.3, 0.4) is 0 Å². The van der Waals surface area contributed by atoms with E-state index in [9.17, 15) is 18.3 Å². The molecular weight excluding hydrogens is 508 g/mol. The van der Waals surface area contributed by atoms with Gasteiger partial charge in [-0.05, 0) is 36.8 Å². The van der Waals surface area contributed by atoms with Gasteiger partial charge in [-0.3, -0.25) is 0 Å². The third kappa shape index (κ3) is 6.00. The van der Waals surface area contributed by atoms with Crippen LogP contribution in [0.5, 0.6) is 0 Å². The van der Waals surface area contributed by atoms with Crippen LogP contribution < -0.4 is 10.2 Å². The van der Waals surface area contributed by atoms with Gasteiger partial charge in [-0.15, -0.1) is 24.0 Å². The van der Waals surface area contributed by atoms with Crippen LogP contribution in [0.15, 0.2) is 41.4 Å². The van der Waals surface area contributed by atoms with Crippen molar-refractivity contribution in [1.82, 2.24) is 10.2 Å². The summed E-state index contributed by atoms with van der Waals surface area (Å²) < 4.78 is 41.0. The molecule has 1 aliphatic heterocycles. The number of aliphatic hydroxyl groups is 1. The Balaban J connectivity index is 0.00000320. The first-order chi connectivity index (χ1) is 14.0. The molecule has 30 heavy (non-hydrogen) atoms. The molecular formula is C21H26F3IN4O. The van der Waals surface area contributed by atoms with E-state index >= 15 is 0 Å². The molecule has 0 amide bonds. The number of guanidine groups is 1. The molecule has 0 aliphatic carbocycles. The van der Waals surface area contributed by atoms with Crippen LogP contribution in [-0.2, 0) is 13.2 Å². The predicted molar refractivity (Wildman–Crippen MR) is 123 cm³/mol. The lowest BCUT2D eigenvalue weighted by molar-refractivity contribution is 0.275. The van der Waals surface area contributed by atoms with Gasteiger partial charge in [-0.1, -0.05) is 6.07 Å². The number of piperazine rings is 1. The van der Waals surface area contributed by atoms with Gasteiger partial charge in [0.25, 0.3) is 0 Å². The van der Waals surface area contributed by atoms with Crippen molar-refractivity contribution in [3.05, 3.63) is 65.0 Å². The van der Waals surface area contributed by atoms with Gasteiger partial charge in [0.15, 0.2) is 5.96 Å². The fourth-order valence-electron chi connectivity index (χ4n) is 3.33. The highest BCUT2D eigenvalue weighted by molar-refractivity contribution is 14.0. The quantitative estimate of drug-likeness (QED) is 0.351. The topological polar surface area (TPSA) is 51.1 Å². The van der Waals surface area contributed by atoms with Crippen molar-refractivity contribution in [2.75, 3.05) is 37.6 Å². The average molecular weight is 534 g/mol. The molecule has 9 heteroatoms. The first kappa shape index (κ1) is 24.3. The molecule has 0 aromatic heterocycles. The van der Waals surface area contributed by atoms with Crippen LogP contribution in [0.4, 0.5) is 18.9 Å². The maximum atomic E-state index is 14.0. The minimum Gasteiger partial charge on any atom is -0.392 e. The van der Waals surface area contributed by atoms with Gasteiger partial charge in [0, 0.05) is 44.4 Å². The molecule has 1 heterocycles. The van der Waals surface area contributed by atoms with E-state index in [4.69, 9.17) is 0 Å². The SMILES string of the molecule is CCNC(=NCc1ccc(F)c(CO)c1)N1CCN(c2cc(F)ccc2F)CC1.I. The van der Waals surface area contributed by atoms with Crippen LogP contribution in [0.25, 0.3) is 0 Å². The minimum absolute atomic E-state index is 0. The summed E-state index contributed by atoms with van der Waals surface area (Å²) in [7, 11) is 0. The van der Waals surface area contributed by atoms with Crippen molar-refractivity contribution >= 4 is 35.6 Å². The lowest BCUT2D eigenvalue weighted by Gasteiger charge is -2.37. The number of benzene rings is 2. The minimum atomic E-state index is -0.458. The van der Waals surface area contributed by atoms with Crippen molar-refractivity contribution < 1.29 is 18.3 Å². The van der Waals surface area contributed by atoms with Gasteiger partial charge in [-0.25, -0.2) is 18.2 Å². The highest BCUT2D eigenvalue weighted by Crippen LogP contribution is 2.22. The van der Waals surface area contributed by atoms with E-state index in [-0.39, 0.29) is 41.8 Å². The zero-order valence-electron chi connectivity index (χ0n) is 16.7. The van der Waals surface area contributed by atoms with Crippen molar-refractivity contribution in [2.24, 2.45) is 4.99 Å². The standard InChI is InChI=1S/C21H25F3N4O.HI/c1-2-25-21(26-13-15-3-5-18(23)16(11-15)14-29)28-9-7-27(8-10-28)20-12-17(22)4-6-19(20)24;/h3-6,11-12,29H,2,7-10,13-14H2,1H3,(H,25,26);1H. The Morgan fingerprint density at radius 1 is 1.03 bits per heavy atom. The molecule has 1 saturated heterocycles. The largest absolute Gasteiger partial charge is 0.392 e. The van der Waals surface area contributed by atoms with Gasteiger partial charge < -0.3 is 20.2 Å². The van der Waals surface area contributed by atoms with E-state index in [1.54, 1.807) is 12.1 Å². The molecule has 1 fully saturated rings. The van der Waals surface area contributed by atoms with Crippen molar-refractivity contribution in [3.63, 3.8) is 0 Å². The molecule has 0 spiro atoms. The van der Waals surface area contributed by atoms with Gasteiger partial charge in [0.05, 0.1) is 18.8 Å². The molecule has 3 rings (SSSR count). The van der Waals surface area contributed by atoms with Crippen LogP contribution in [-0.4, -0.2) is 48.7 Å². The molecule has 164 valence electrons. The van der Waals surface area contributed by atoms with Gasteiger partial charge >= 0.3 is 0 Å². The fourth-order valence-corrected chi connectivity index (χ4v) is 3.33. The molecule has 2 aromatic rings. The van der Waals surface area contributed by atoms with Crippen molar-refractivity contribution in [2.45, 2.75) is 20.1 Å². The summed E-state index contributed by atoms with van der Waals surface area (Å²) in [5.41, 5.74) is 1.31. The number of halogens is 4. The van der Waals surface area contributed by atoms with E-state index in [2.05, 4.69) is 15.2 Å². The summed E-state index contributed by atoms with van der Waals surface area (Å²) in [6.07, 6.45) is 0. The van der Waals surface area contributed by atoms with Gasteiger partial charge in [0.2, 0.25) is 0 Å². The van der Waals surface area contributed by atoms with Crippen LogP contribution >= 0.6 is 24.0 Å². The summed E-state index contributed by atoms with van der Waals surface area (Å²) in [5, 5.41) is 12.5. The van der Waals surface area contributed by atoms with Crippen molar-refractivity contribution in [3.8, 4) is 0 Å². The van der Waals surface area contributed by atoms with Gasteiger partial charge in [-0.2, -0.15) is 0 Å². The Labute approximate surface area is 191 Å². The maximum Gasteiger partial charge on any atom is 0.194 e. The second-order valence-electron chi connectivity index (χ2n) is 6.82. The van der Waals surface area contributed by atoms with Crippen LogP contribution in [0.2, 0.25) is 0 Å². The number of nitrogens with one attached hydrogen (secondary N) is 1. The van der Waals surface area contributed by atoms with Crippen LogP contribution in [0, 0.1) is 17.5 Å². The monoisotopic (exact) mass is 534 g/mol. The maximum absolute atomic E-state index is 14.0. The van der Waals surface area contributed by atoms with E-state index in [1.807, 2.05) is 11.8 Å². The number of nitrogens with zero attached hydrogens (tertiary/aromatic N) is 3. The number of aliphatic imine (C=N–C) groups is 1. The van der Waals surface area contributed by atoms with E-state index in [0.717, 1.165) is 17.7 Å². The third-order valence-corrected chi connectivity index (χ3v) is 4.85. The molecule has 0 unspecified atom stereocenters.